The fourth-order valence-corrected chi connectivity index (χ4v) is 3.20. The third-order valence-electron chi connectivity index (χ3n) is 3.15. The lowest BCUT2D eigenvalue weighted by atomic mass is 10.3. The highest BCUT2D eigenvalue weighted by atomic mass is 79.9. The summed E-state index contributed by atoms with van der Waals surface area (Å²) in [6.45, 7) is 0.394. The number of sulfonamides is 1. The second kappa shape index (κ2) is 7.76. The molecule has 0 atom stereocenters. The number of nitrogens with zero attached hydrogens (tertiary/aromatic N) is 1. The summed E-state index contributed by atoms with van der Waals surface area (Å²) >= 11 is 3.25. The maximum Gasteiger partial charge on any atom is 0.240 e. The molecular formula is C15H17BrN2O4S. The van der Waals surface area contributed by atoms with Crippen molar-refractivity contribution in [2.45, 2.75) is 17.9 Å². The summed E-state index contributed by atoms with van der Waals surface area (Å²) in [5, 5.41) is 0. The van der Waals surface area contributed by atoms with Crippen molar-refractivity contribution in [2.75, 3.05) is 13.6 Å². The Labute approximate surface area is 143 Å². The Bertz CT molecular complexity index is 742. The van der Waals surface area contributed by atoms with E-state index in [1.165, 1.54) is 17.0 Å². The van der Waals surface area contributed by atoms with Crippen LogP contribution in [0, 0.1) is 0 Å². The largest absolute Gasteiger partial charge is 0.467 e. The number of halogens is 1. The second-order valence-corrected chi connectivity index (χ2v) is 7.61. The molecule has 1 aromatic heterocycles. The van der Waals surface area contributed by atoms with Gasteiger partial charge in [0.05, 0.1) is 17.7 Å². The minimum Gasteiger partial charge on any atom is -0.467 e. The number of nitrogens with one attached hydrogen (secondary N) is 1. The van der Waals surface area contributed by atoms with Gasteiger partial charge in [-0.1, -0.05) is 15.9 Å². The molecule has 1 N–H and O–H groups in total. The van der Waals surface area contributed by atoms with Gasteiger partial charge in [-0.3, -0.25) is 4.79 Å². The van der Waals surface area contributed by atoms with E-state index in [1.807, 2.05) is 0 Å². The quantitative estimate of drug-likeness (QED) is 0.773. The summed E-state index contributed by atoms with van der Waals surface area (Å²) in [5.41, 5.74) is 0. The van der Waals surface area contributed by atoms with Crippen LogP contribution in [0.15, 0.2) is 56.4 Å². The van der Waals surface area contributed by atoms with Gasteiger partial charge in [0.1, 0.15) is 5.76 Å². The number of amides is 1. The molecule has 0 radical (unpaired) electrons. The SMILES string of the molecule is CN(Cc1ccco1)C(=O)CCNS(=O)(=O)c1ccc(Br)cc1. The number of carbonyl (C=O) groups excluding carboxylic acids is 1. The highest BCUT2D eigenvalue weighted by molar-refractivity contribution is 9.10. The van der Waals surface area contributed by atoms with Crippen LogP contribution in [0.3, 0.4) is 0 Å². The Morgan fingerprint density at radius 1 is 1.26 bits per heavy atom. The molecule has 1 amide bonds. The summed E-state index contributed by atoms with van der Waals surface area (Å²) in [6, 6.07) is 9.82. The first-order valence-electron chi connectivity index (χ1n) is 6.90. The van der Waals surface area contributed by atoms with Crippen LogP contribution in [0.25, 0.3) is 0 Å². The van der Waals surface area contributed by atoms with Gasteiger partial charge in [0, 0.05) is 24.5 Å². The van der Waals surface area contributed by atoms with E-state index in [0.717, 1.165) is 4.47 Å². The van der Waals surface area contributed by atoms with Crippen molar-refractivity contribution < 1.29 is 17.6 Å². The van der Waals surface area contributed by atoms with E-state index >= 15 is 0 Å². The first-order valence-corrected chi connectivity index (χ1v) is 9.18. The lowest BCUT2D eigenvalue weighted by molar-refractivity contribution is -0.130. The van der Waals surface area contributed by atoms with Gasteiger partial charge in [-0.2, -0.15) is 0 Å². The number of carbonyl (C=O) groups is 1. The fraction of sp³-hybridized carbons (Fsp3) is 0.267. The van der Waals surface area contributed by atoms with E-state index < -0.39 is 10.0 Å². The van der Waals surface area contributed by atoms with Crippen LogP contribution in [0.4, 0.5) is 0 Å². The Kier molecular flexibility index (Phi) is 5.97. The van der Waals surface area contributed by atoms with Crippen molar-refractivity contribution in [3.05, 3.63) is 52.9 Å². The van der Waals surface area contributed by atoms with Gasteiger partial charge in [0.2, 0.25) is 15.9 Å². The van der Waals surface area contributed by atoms with Crippen molar-refractivity contribution in [2.24, 2.45) is 0 Å². The Hall–Kier alpha value is -1.64. The van der Waals surface area contributed by atoms with Gasteiger partial charge < -0.3 is 9.32 Å². The first-order chi connectivity index (χ1) is 10.9. The number of benzene rings is 1. The van der Waals surface area contributed by atoms with Crippen molar-refractivity contribution in [3.63, 3.8) is 0 Å². The zero-order valence-electron chi connectivity index (χ0n) is 12.5. The van der Waals surface area contributed by atoms with Gasteiger partial charge >= 0.3 is 0 Å². The van der Waals surface area contributed by atoms with Crippen molar-refractivity contribution in [3.8, 4) is 0 Å². The van der Waals surface area contributed by atoms with Gasteiger partial charge in [0.15, 0.2) is 0 Å². The molecule has 1 aromatic carbocycles. The van der Waals surface area contributed by atoms with Crippen molar-refractivity contribution in [1.82, 2.24) is 9.62 Å². The van der Waals surface area contributed by atoms with Gasteiger partial charge in [-0.25, -0.2) is 13.1 Å². The predicted molar refractivity (Wildman–Crippen MR) is 89.1 cm³/mol. The highest BCUT2D eigenvalue weighted by Crippen LogP contribution is 2.14. The molecule has 0 spiro atoms. The van der Waals surface area contributed by atoms with Crippen LogP contribution in [0.5, 0.6) is 0 Å². The summed E-state index contributed by atoms with van der Waals surface area (Å²) in [6.07, 6.45) is 1.62. The summed E-state index contributed by atoms with van der Waals surface area (Å²) in [5.74, 6) is 0.510. The first kappa shape index (κ1) is 17.7. The van der Waals surface area contributed by atoms with Crippen molar-refractivity contribution in [1.29, 1.82) is 0 Å². The maximum atomic E-state index is 12.1. The lowest BCUT2D eigenvalue weighted by Crippen LogP contribution is -2.31. The Morgan fingerprint density at radius 2 is 1.96 bits per heavy atom. The van der Waals surface area contributed by atoms with E-state index in [0.29, 0.717) is 12.3 Å². The minimum atomic E-state index is -3.61. The molecule has 0 aliphatic heterocycles. The minimum absolute atomic E-state index is 0.0414. The molecule has 1 heterocycles. The molecule has 0 fully saturated rings. The van der Waals surface area contributed by atoms with E-state index in [-0.39, 0.29) is 23.8 Å². The fourth-order valence-electron chi connectivity index (χ4n) is 1.90. The Morgan fingerprint density at radius 3 is 2.57 bits per heavy atom. The topological polar surface area (TPSA) is 79.6 Å². The smallest absolute Gasteiger partial charge is 0.240 e. The number of hydrogen-bond acceptors (Lipinski definition) is 4. The van der Waals surface area contributed by atoms with Crippen LogP contribution in [-0.2, 0) is 21.4 Å². The van der Waals surface area contributed by atoms with E-state index in [2.05, 4.69) is 20.7 Å². The number of furan rings is 1. The lowest BCUT2D eigenvalue weighted by Gasteiger charge is -2.15. The maximum absolute atomic E-state index is 12.1. The monoisotopic (exact) mass is 400 g/mol. The Balaban J connectivity index is 1.83. The highest BCUT2D eigenvalue weighted by Gasteiger charge is 2.15. The zero-order valence-corrected chi connectivity index (χ0v) is 14.9. The zero-order chi connectivity index (χ0) is 16.9. The molecule has 0 saturated carbocycles. The molecule has 0 unspecified atom stereocenters. The van der Waals surface area contributed by atoms with Crippen molar-refractivity contribution >= 4 is 31.9 Å². The summed E-state index contributed by atoms with van der Waals surface area (Å²) in [7, 11) is -1.96. The van der Waals surface area contributed by atoms with Crippen LogP contribution in [0.1, 0.15) is 12.2 Å². The average Bonchev–Trinajstić information content (AvgIpc) is 3.00. The molecule has 8 heteroatoms. The van der Waals surface area contributed by atoms with Crippen LogP contribution in [-0.4, -0.2) is 32.8 Å². The molecule has 0 aliphatic carbocycles. The summed E-state index contributed by atoms with van der Waals surface area (Å²) < 4.78 is 32.6. The molecule has 0 saturated heterocycles. The molecule has 0 aliphatic rings. The average molecular weight is 401 g/mol. The standard InChI is InChI=1S/C15H17BrN2O4S/c1-18(11-13-3-2-10-22-13)15(19)8-9-17-23(20,21)14-6-4-12(16)5-7-14/h2-7,10,17H,8-9,11H2,1H3. The molecule has 23 heavy (non-hydrogen) atoms. The number of hydrogen-bond donors (Lipinski definition) is 1. The third kappa shape index (κ3) is 5.19. The van der Waals surface area contributed by atoms with E-state index in [1.54, 1.807) is 37.6 Å². The predicted octanol–water partition coefficient (Wildman–Crippen LogP) is 2.37. The molecule has 0 bridgehead atoms. The van der Waals surface area contributed by atoms with E-state index in [9.17, 15) is 13.2 Å². The van der Waals surface area contributed by atoms with Crippen LogP contribution in [0.2, 0.25) is 0 Å². The van der Waals surface area contributed by atoms with Gasteiger partial charge in [0.25, 0.3) is 0 Å². The molecule has 124 valence electrons. The second-order valence-electron chi connectivity index (χ2n) is 4.93. The van der Waals surface area contributed by atoms with Gasteiger partial charge in [-0.15, -0.1) is 0 Å². The summed E-state index contributed by atoms with van der Waals surface area (Å²) in [4.78, 5) is 13.6. The van der Waals surface area contributed by atoms with Crippen LogP contribution >= 0.6 is 15.9 Å². The molecule has 2 rings (SSSR count). The molecule has 6 nitrogen and oxygen atoms in total. The van der Waals surface area contributed by atoms with E-state index in [4.69, 9.17) is 4.42 Å². The normalized spacial score (nSPS) is 11.4. The molecule has 2 aromatic rings. The third-order valence-corrected chi connectivity index (χ3v) is 5.16. The van der Waals surface area contributed by atoms with Crippen LogP contribution < -0.4 is 4.72 Å². The molecular weight excluding hydrogens is 384 g/mol. The van der Waals surface area contributed by atoms with Gasteiger partial charge in [-0.05, 0) is 36.4 Å². The number of rotatable bonds is 7.